The van der Waals surface area contributed by atoms with E-state index in [0.717, 1.165) is 41.0 Å². The second-order valence-electron chi connectivity index (χ2n) is 13.0. The molecule has 46 heavy (non-hydrogen) atoms. The van der Waals surface area contributed by atoms with Crippen LogP contribution in [0.3, 0.4) is 0 Å². The number of benzene rings is 4. The Kier molecular flexibility index (Phi) is 7.38. The maximum absolute atomic E-state index is 9.49. The van der Waals surface area contributed by atoms with Gasteiger partial charge in [-0.25, -0.2) is 0 Å². The summed E-state index contributed by atoms with van der Waals surface area (Å²) in [6.45, 7) is 13.2. The van der Waals surface area contributed by atoms with Crippen molar-refractivity contribution in [2.75, 3.05) is 9.80 Å². The summed E-state index contributed by atoms with van der Waals surface area (Å²) in [5.41, 5.74) is 15.5. The van der Waals surface area contributed by atoms with Crippen LogP contribution in [0, 0.1) is 17.2 Å². The van der Waals surface area contributed by atoms with Crippen molar-refractivity contribution in [2.24, 2.45) is 5.92 Å². The largest absolute Gasteiger partial charge is 0.310 e. The molecule has 7 rings (SSSR count). The van der Waals surface area contributed by atoms with E-state index < -0.39 is 0 Å². The first-order valence-electron chi connectivity index (χ1n) is 16.2. The summed E-state index contributed by atoms with van der Waals surface area (Å²) in [6.07, 6.45) is 14.7. The molecule has 3 aliphatic rings. The third kappa shape index (κ3) is 4.73. The number of allylic oxidation sites excluding steroid dienone is 8. The van der Waals surface area contributed by atoms with Crippen molar-refractivity contribution in [1.29, 1.82) is 5.26 Å². The van der Waals surface area contributed by atoms with E-state index in [-0.39, 0.29) is 5.41 Å². The molecule has 3 heteroatoms. The lowest BCUT2D eigenvalue weighted by Gasteiger charge is -2.49. The van der Waals surface area contributed by atoms with E-state index in [4.69, 9.17) is 0 Å². The highest BCUT2D eigenvalue weighted by atomic mass is 15.2. The minimum Gasteiger partial charge on any atom is -0.310 e. The minimum atomic E-state index is -0.0230. The maximum Gasteiger partial charge on any atom is 0.0991 e. The molecule has 3 nitrogen and oxygen atoms in total. The van der Waals surface area contributed by atoms with Gasteiger partial charge in [0.1, 0.15) is 0 Å². The van der Waals surface area contributed by atoms with Gasteiger partial charge >= 0.3 is 0 Å². The molecular weight excluding hydrogens is 558 g/mol. The summed E-state index contributed by atoms with van der Waals surface area (Å²) in [5.74, 6) is 0.487. The highest BCUT2D eigenvalue weighted by molar-refractivity contribution is 5.88. The average molecular weight is 598 g/mol. The van der Waals surface area contributed by atoms with Gasteiger partial charge in [0.2, 0.25) is 0 Å². The maximum atomic E-state index is 9.49. The van der Waals surface area contributed by atoms with Gasteiger partial charge in [-0.2, -0.15) is 5.26 Å². The van der Waals surface area contributed by atoms with Crippen LogP contribution in [0.15, 0.2) is 139 Å². The number of hydrogen-bond donors (Lipinski definition) is 0. The molecule has 4 aromatic carbocycles. The van der Waals surface area contributed by atoms with Crippen molar-refractivity contribution in [3.8, 4) is 6.07 Å². The molecule has 0 fully saturated rings. The van der Waals surface area contributed by atoms with Crippen molar-refractivity contribution in [2.45, 2.75) is 46.0 Å². The minimum absolute atomic E-state index is 0.0230. The van der Waals surface area contributed by atoms with Crippen LogP contribution in [0.25, 0.3) is 5.57 Å². The van der Waals surface area contributed by atoms with Crippen LogP contribution in [-0.4, -0.2) is 0 Å². The zero-order valence-corrected chi connectivity index (χ0v) is 27.1. The first-order chi connectivity index (χ1) is 22.3. The van der Waals surface area contributed by atoms with E-state index in [9.17, 15) is 5.26 Å². The summed E-state index contributed by atoms with van der Waals surface area (Å²) in [4.78, 5) is 4.82. The van der Waals surface area contributed by atoms with Crippen molar-refractivity contribution in [3.05, 3.63) is 167 Å². The fraction of sp³-hybridized carbons (Fsp3) is 0.186. The number of nitrogens with zero attached hydrogens (tertiary/aromatic N) is 3. The van der Waals surface area contributed by atoms with E-state index in [0.29, 0.717) is 11.5 Å². The molecule has 1 atom stereocenters. The van der Waals surface area contributed by atoms with E-state index >= 15 is 0 Å². The Labute approximate surface area is 273 Å². The van der Waals surface area contributed by atoms with Crippen molar-refractivity contribution < 1.29 is 0 Å². The molecule has 0 saturated carbocycles. The number of anilines is 5. The van der Waals surface area contributed by atoms with E-state index in [1.165, 1.54) is 39.3 Å². The van der Waals surface area contributed by atoms with Gasteiger partial charge in [0.05, 0.1) is 17.3 Å². The lowest BCUT2D eigenvalue weighted by atomic mass is 9.66. The molecule has 1 unspecified atom stereocenters. The van der Waals surface area contributed by atoms with Crippen LogP contribution in [0.2, 0.25) is 0 Å². The van der Waals surface area contributed by atoms with Crippen LogP contribution < -0.4 is 9.80 Å². The van der Waals surface area contributed by atoms with Crippen LogP contribution in [-0.2, 0) is 11.8 Å². The molecule has 0 aromatic heterocycles. The predicted octanol–water partition coefficient (Wildman–Crippen LogP) is 11.4. The number of rotatable bonds is 6. The third-order valence-corrected chi connectivity index (χ3v) is 9.81. The molecule has 0 amide bonds. The first kappa shape index (κ1) is 29.4. The molecule has 0 radical (unpaired) electrons. The Bertz CT molecular complexity index is 2010. The molecular formula is C43H39N3. The van der Waals surface area contributed by atoms with Gasteiger partial charge in [0.25, 0.3) is 0 Å². The topological polar surface area (TPSA) is 30.3 Å². The Hall–Kier alpha value is -5.33. The van der Waals surface area contributed by atoms with E-state index in [1.807, 2.05) is 49.4 Å². The smallest absolute Gasteiger partial charge is 0.0991 e. The quantitative estimate of drug-likeness (QED) is 0.207. The van der Waals surface area contributed by atoms with Crippen molar-refractivity contribution in [3.63, 3.8) is 0 Å². The van der Waals surface area contributed by atoms with Crippen molar-refractivity contribution in [1.82, 2.24) is 0 Å². The van der Waals surface area contributed by atoms with Gasteiger partial charge in [-0.15, -0.1) is 0 Å². The number of nitriles is 1. The molecule has 0 N–H and O–H groups in total. The van der Waals surface area contributed by atoms with Crippen molar-refractivity contribution >= 4 is 34.0 Å². The number of para-hydroxylation sites is 1. The van der Waals surface area contributed by atoms with Gasteiger partial charge in [0.15, 0.2) is 0 Å². The van der Waals surface area contributed by atoms with Crippen LogP contribution in [0.4, 0.5) is 28.4 Å². The number of fused-ring (bicyclic) bond motifs is 3. The molecule has 4 aromatic rings. The standard InChI is InChI=1S/C43H39N3/c1-6-8-12-31(7-2)32-18-22-36(23-19-32)45(35-20-16-30(28-44)17-21-35)37-24-25-39-34(27-37)26-33-13-10-14-38-42(33)46(39)40-15-9-11-29(3)41(40)43(38,4)5/h6-10,12-25,27,29H,2,11,26H2,1,3-5H3/b8-6-,31-12+. The predicted molar refractivity (Wildman–Crippen MR) is 193 cm³/mol. The van der Waals surface area contributed by atoms with Gasteiger partial charge in [0, 0.05) is 40.3 Å². The fourth-order valence-electron chi connectivity index (χ4n) is 7.69. The molecule has 2 heterocycles. The van der Waals surface area contributed by atoms with Crippen LogP contribution >= 0.6 is 0 Å². The normalized spacial score (nSPS) is 17.7. The zero-order valence-electron chi connectivity index (χ0n) is 27.1. The average Bonchev–Trinajstić information content (AvgIpc) is 3.07. The second kappa shape index (κ2) is 11.5. The van der Waals surface area contributed by atoms with Gasteiger partial charge in [-0.05, 0) is 113 Å². The molecule has 1 aliphatic carbocycles. The lowest BCUT2D eigenvalue weighted by Crippen LogP contribution is -2.39. The molecule has 226 valence electrons. The number of hydrogen-bond acceptors (Lipinski definition) is 3. The highest BCUT2D eigenvalue weighted by Crippen LogP contribution is 2.56. The lowest BCUT2D eigenvalue weighted by molar-refractivity contribution is 0.497. The van der Waals surface area contributed by atoms with Gasteiger partial charge in [-0.1, -0.05) is 88.1 Å². The Morgan fingerprint density at radius 3 is 2.37 bits per heavy atom. The Morgan fingerprint density at radius 2 is 1.67 bits per heavy atom. The van der Waals surface area contributed by atoms with Crippen LogP contribution in [0.5, 0.6) is 0 Å². The van der Waals surface area contributed by atoms with E-state index in [2.05, 4.69) is 122 Å². The van der Waals surface area contributed by atoms with Gasteiger partial charge < -0.3 is 9.80 Å². The monoisotopic (exact) mass is 597 g/mol. The second-order valence-corrected chi connectivity index (χ2v) is 13.0. The third-order valence-electron chi connectivity index (χ3n) is 9.81. The van der Waals surface area contributed by atoms with E-state index in [1.54, 1.807) is 0 Å². The Balaban J connectivity index is 1.37. The molecule has 0 bridgehead atoms. The van der Waals surface area contributed by atoms with Crippen LogP contribution in [0.1, 0.15) is 61.9 Å². The molecule has 2 aliphatic heterocycles. The van der Waals surface area contributed by atoms with Gasteiger partial charge in [-0.3, -0.25) is 0 Å². The summed E-state index contributed by atoms with van der Waals surface area (Å²) >= 11 is 0. The summed E-state index contributed by atoms with van der Waals surface area (Å²) in [7, 11) is 0. The molecule has 0 spiro atoms. The summed E-state index contributed by atoms with van der Waals surface area (Å²) < 4.78 is 0. The first-order valence-corrected chi connectivity index (χ1v) is 16.2. The highest BCUT2D eigenvalue weighted by Gasteiger charge is 2.43. The Morgan fingerprint density at radius 1 is 0.957 bits per heavy atom. The zero-order chi connectivity index (χ0) is 32.0. The summed E-state index contributed by atoms with van der Waals surface area (Å²) in [5, 5.41) is 9.49. The fourth-order valence-corrected chi connectivity index (χ4v) is 7.69. The molecule has 0 saturated heterocycles. The SMILES string of the molecule is C=C/C(=C\C=C/C)c1ccc(N(c2ccc(C#N)cc2)c2ccc3c(c2)Cc2cccc4c2N3C2=C(C(C)CC=C2)C4(C)C)cc1. The summed E-state index contributed by atoms with van der Waals surface area (Å²) in [6, 6.07) is 32.5.